The second-order valence-electron chi connectivity index (χ2n) is 3.90. The van der Waals surface area contributed by atoms with Crippen LogP contribution in [-0.4, -0.2) is 54.1 Å². The minimum atomic E-state index is -0.416. The van der Waals surface area contributed by atoms with Gasteiger partial charge in [-0.3, -0.25) is 14.5 Å². The Kier molecular flexibility index (Phi) is 4.27. The third-order valence-electron chi connectivity index (χ3n) is 2.64. The number of hydrogen-bond donors (Lipinski definition) is 0. The van der Waals surface area contributed by atoms with Gasteiger partial charge in [0.15, 0.2) is 0 Å². The Bertz CT molecular complexity index is 355. The summed E-state index contributed by atoms with van der Waals surface area (Å²) in [7, 11) is 1.92. The quantitative estimate of drug-likeness (QED) is 0.490. The van der Waals surface area contributed by atoms with Crippen LogP contribution in [0.25, 0.3) is 0 Å². The number of hydrogen-bond acceptors (Lipinski definition) is 4. The molecular formula is C12H16N2O2. The number of rotatable bonds is 4. The SMILES string of the molecule is C#CCN(C)CCN1C=CC(=O)C(=O)C1C. The summed E-state index contributed by atoms with van der Waals surface area (Å²) >= 11 is 0. The highest BCUT2D eigenvalue weighted by Crippen LogP contribution is 2.08. The van der Waals surface area contributed by atoms with Gasteiger partial charge in [-0.05, 0) is 14.0 Å². The van der Waals surface area contributed by atoms with Gasteiger partial charge >= 0.3 is 0 Å². The van der Waals surface area contributed by atoms with E-state index in [-0.39, 0.29) is 11.8 Å². The van der Waals surface area contributed by atoms with Gasteiger partial charge < -0.3 is 4.90 Å². The van der Waals surface area contributed by atoms with Gasteiger partial charge in [0.05, 0.1) is 12.6 Å². The van der Waals surface area contributed by atoms with E-state index in [9.17, 15) is 9.59 Å². The molecule has 16 heavy (non-hydrogen) atoms. The second kappa shape index (κ2) is 5.47. The molecule has 1 unspecified atom stereocenters. The van der Waals surface area contributed by atoms with Crippen molar-refractivity contribution in [3.8, 4) is 12.3 Å². The predicted octanol–water partition coefficient (Wildman–Crippen LogP) is -0.0926. The van der Waals surface area contributed by atoms with Crippen LogP contribution in [0.15, 0.2) is 12.3 Å². The molecule has 0 N–H and O–H groups in total. The first-order valence-electron chi connectivity index (χ1n) is 5.20. The summed E-state index contributed by atoms with van der Waals surface area (Å²) < 4.78 is 0. The lowest BCUT2D eigenvalue weighted by Gasteiger charge is -2.30. The van der Waals surface area contributed by atoms with E-state index in [1.165, 1.54) is 6.08 Å². The van der Waals surface area contributed by atoms with Crippen molar-refractivity contribution in [3.63, 3.8) is 0 Å². The number of ketones is 2. The summed E-state index contributed by atoms with van der Waals surface area (Å²) in [5.74, 6) is 1.79. The van der Waals surface area contributed by atoms with Gasteiger partial charge in [-0.15, -0.1) is 6.42 Å². The zero-order valence-electron chi connectivity index (χ0n) is 9.64. The van der Waals surface area contributed by atoms with Gasteiger partial charge in [-0.2, -0.15) is 0 Å². The number of terminal acetylenes is 1. The topological polar surface area (TPSA) is 40.6 Å². The highest BCUT2D eigenvalue weighted by Gasteiger charge is 2.27. The Balaban J connectivity index is 2.50. The largest absolute Gasteiger partial charge is 0.366 e. The Morgan fingerprint density at radius 3 is 2.88 bits per heavy atom. The van der Waals surface area contributed by atoms with Crippen molar-refractivity contribution in [2.24, 2.45) is 0 Å². The minimum Gasteiger partial charge on any atom is -0.366 e. The van der Waals surface area contributed by atoms with Crippen molar-refractivity contribution >= 4 is 11.6 Å². The van der Waals surface area contributed by atoms with E-state index in [2.05, 4.69) is 5.92 Å². The molecule has 0 fully saturated rings. The molecule has 0 aromatic heterocycles. The lowest BCUT2D eigenvalue weighted by molar-refractivity contribution is -0.137. The summed E-state index contributed by atoms with van der Waals surface area (Å²) in [5, 5.41) is 0. The van der Waals surface area contributed by atoms with Crippen LogP contribution in [0.1, 0.15) is 6.92 Å². The molecule has 4 heteroatoms. The molecule has 0 radical (unpaired) electrons. The highest BCUT2D eigenvalue weighted by molar-refractivity contribution is 6.43. The molecule has 0 bridgehead atoms. The second-order valence-corrected chi connectivity index (χ2v) is 3.90. The fourth-order valence-electron chi connectivity index (χ4n) is 1.52. The number of carbonyl (C=O) groups is 2. The summed E-state index contributed by atoms with van der Waals surface area (Å²) in [6.45, 7) is 3.78. The van der Waals surface area contributed by atoms with Crippen molar-refractivity contribution in [3.05, 3.63) is 12.3 Å². The maximum atomic E-state index is 11.4. The van der Waals surface area contributed by atoms with Crippen LogP contribution in [0.3, 0.4) is 0 Å². The molecule has 0 aromatic rings. The Hall–Kier alpha value is -1.60. The molecule has 1 atom stereocenters. The van der Waals surface area contributed by atoms with Gasteiger partial charge in [0.25, 0.3) is 0 Å². The first-order valence-corrected chi connectivity index (χ1v) is 5.20. The van der Waals surface area contributed by atoms with Crippen molar-refractivity contribution in [2.45, 2.75) is 13.0 Å². The summed E-state index contributed by atoms with van der Waals surface area (Å²) in [5.41, 5.74) is 0. The van der Waals surface area contributed by atoms with Gasteiger partial charge in [0.1, 0.15) is 0 Å². The Morgan fingerprint density at radius 1 is 1.56 bits per heavy atom. The summed E-state index contributed by atoms with van der Waals surface area (Å²) in [4.78, 5) is 26.4. The Morgan fingerprint density at radius 2 is 2.25 bits per heavy atom. The van der Waals surface area contributed by atoms with E-state index < -0.39 is 5.78 Å². The number of nitrogens with zero attached hydrogens (tertiary/aromatic N) is 2. The predicted molar refractivity (Wildman–Crippen MR) is 61.7 cm³/mol. The number of likely N-dealkylation sites (N-methyl/N-ethyl adjacent to an activating group) is 1. The molecule has 1 aliphatic rings. The fraction of sp³-hybridized carbons (Fsp3) is 0.500. The number of allylic oxidation sites excluding steroid dienone is 1. The molecule has 1 aliphatic heterocycles. The third kappa shape index (κ3) is 2.94. The van der Waals surface area contributed by atoms with Crippen LogP contribution in [0.5, 0.6) is 0 Å². The zero-order valence-corrected chi connectivity index (χ0v) is 9.64. The first-order chi connectivity index (χ1) is 7.56. The molecule has 1 heterocycles. The number of Topliss-reactive ketones (excluding diaryl/α,β-unsaturated/α-hetero) is 1. The monoisotopic (exact) mass is 220 g/mol. The van der Waals surface area contributed by atoms with E-state index in [4.69, 9.17) is 6.42 Å². The molecule has 86 valence electrons. The van der Waals surface area contributed by atoms with Crippen LogP contribution in [-0.2, 0) is 9.59 Å². The van der Waals surface area contributed by atoms with Gasteiger partial charge in [-0.1, -0.05) is 5.92 Å². The van der Waals surface area contributed by atoms with Crippen LogP contribution in [0.4, 0.5) is 0 Å². The van der Waals surface area contributed by atoms with E-state index in [1.54, 1.807) is 13.1 Å². The summed E-state index contributed by atoms with van der Waals surface area (Å²) in [6, 6.07) is -0.364. The van der Waals surface area contributed by atoms with Crippen LogP contribution in [0.2, 0.25) is 0 Å². The van der Waals surface area contributed by atoms with E-state index in [1.807, 2.05) is 16.8 Å². The molecule has 1 rings (SSSR count). The molecule has 0 aliphatic carbocycles. The molecule has 0 amide bonds. The average Bonchev–Trinajstić information content (AvgIpc) is 2.25. The standard InChI is InChI=1S/C12H16N2O2/c1-4-6-13(3)8-9-14-7-5-11(15)12(16)10(14)2/h1,5,7,10H,6,8-9H2,2-3H3. The molecule has 0 saturated carbocycles. The Labute approximate surface area is 95.9 Å². The first kappa shape index (κ1) is 12.5. The van der Waals surface area contributed by atoms with Crippen molar-refractivity contribution in [1.29, 1.82) is 0 Å². The van der Waals surface area contributed by atoms with Crippen LogP contribution < -0.4 is 0 Å². The number of carbonyl (C=O) groups excluding carboxylic acids is 2. The smallest absolute Gasteiger partial charge is 0.225 e. The van der Waals surface area contributed by atoms with Gasteiger partial charge in [0, 0.05) is 25.4 Å². The van der Waals surface area contributed by atoms with Gasteiger partial charge in [0.2, 0.25) is 11.6 Å². The van der Waals surface area contributed by atoms with Gasteiger partial charge in [-0.25, -0.2) is 0 Å². The molecule has 0 saturated heterocycles. The maximum Gasteiger partial charge on any atom is 0.225 e. The van der Waals surface area contributed by atoms with E-state index >= 15 is 0 Å². The highest BCUT2D eigenvalue weighted by atomic mass is 16.2. The minimum absolute atomic E-state index is 0.345. The lowest BCUT2D eigenvalue weighted by atomic mass is 10.1. The third-order valence-corrected chi connectivity index (χ3v) is 2.64. The average molecular weight is 220 g/mol. The summed E-state index contributed by atoms with van der Waals surface area (Å²) in [6.07, 6.45) is 8.19. The van der Waals surface area contributed by atoms with Crippen molar-refractivity contribution in [2.75, 3.05) is 26.7 Å². The van der Waals surface area contributed by atoms with Crippen molar-refractivity contribution < 1.29 is 9.59 Å². The molecule has 0 spiro atoms. The fourth-order valence-corrected chi connectivity index (χ4v) is 1.52. The lowest BCUT2D eigenvalue weighted by Crippen LogP contribution is -2.44. The normalized spacial score (nSPS) is 20.4. The van der Waals surface area contributed by atoms with Crippen LogP contribution >= 0.6 is 0 Å². The molecule has 4 nitrogen and oxygen atoms in total. The van der Waals surface area contributed by atoms with E-state index in [0.29, 0.717) is 13.1 Å². The van der Waals surface area contributed by atoms with Crippen molar-refractivity contribution in [1.82, 2.24) is 9.80 Å². The molecular weight excluding hydrogens is 204 g/mol. The van der Waals surface area contributed by atoms with E-state index in [0.717, 1.165) is 6.54 Å². The zero-order chi connectivity index (χ0) is 12.1. The maximum absolute atomic E-state index is 11.4. The molecule has 0 aromatic carbocycles. The van der Waals surface area contributed by atoms with Crippen LogP contribution in [0, 0.1) is 12.3 Å².